The van der Waals surface area contributed by atoms with E-state index in [-0.39, 0.29) is 0 Å². The third kappa shape index (κ3) is 2.73. The molecule has 6 heteroatoms. The molecule has 1 aromatic heterocycles. The Morgan fingerprint density at radius 1 is 1.30 bits per heavy atom. The Balaban J connectivity index is 2.45. The Labute approximate surface area is 125 Å². The summed E-state index contributed by atoms with van der Waals surface area (Å²) in [5.41, 5.74) is 2.83. The molecular weight excluding hydrogens is 320 g/mol. The van der Waals surface area contributed by atoms with Gasteiger partial charge in [-0.2, -0.15) is 10.4 Å². The highest BCUT2D eigenvalue weighted by atomic mass is 79.9. The quantitative estimate of drug-likeness (QED) is 0.931. The van der Waals surface area contributed by atoms with Crippen molar-refractivity contribution in [2.75, 3.05) is 12.4 Å². The van der Waals surface area contributed by atoms with Gasteiger partial charge in [0.15, 0.2) is 5.82 Å². The number of aryl methyl sites for hydroxylation is 1. The van der Waals surface area contributed by atoms with Crippen molar-refractivity contribution in [1.82, 2.24) is 10.2 Å². The van der Waals surface area contributed by atoms with Gasteiger partial charge in [-0.1, -0.05) is 0 Å². The SMILES string of the molecule is COc1ccc(Br)c(Nc2nnc(C)c(C)c2C#N)c1. The highest BCUT2D eigenvalue weighted by Crippen LogP contribution is 2.30. The van der Waals surface area contributed by atoms with Crippen molar-refractivity contribution in [3.8, 4) is 11.8 Å². The highest BCUT2D eigenvalue weighted by molar-refractivity contribution is 9.10. The van der Waals surface area contributed by atoms with E-state index in [9.17, 15) is 5.26 Å². The van der Waals surface area contributed by atoms with E-state index in [0.717, 1.165) is 21.4 Å². The van der Waals surface area contributed by atoms with Crippen LogP contribution in [0, 0.1) is 25.2 Å². The molecule has 0 aliphatic carbocycles. The second-order valence-electron chi connectivity index (χ2n) is 4.22. The number of methoxy groups -OCH3 is 1. The second-order valence-corrected chi connectivity index (χ2v) is 5.07. The molecular formula is C14H13BrN4O. The lowest BCUT2D eigenvalue weighted by Crippen LogP contribution is -2.04. The fourth-order valence-corrected chi connectivity index (χ4v) is 2.03. The maximum atomic E-state index is 9.28. The van der Waals surface area contributed by atoms with Gasteiger partial charge in [0.2, 0.25) is 0 Å². The highest BCUT2D eigenvalue weighted by Gasteiger charge is 2.12. The lowest BCUT2D eigenvalue weighted by atomic mass is 10.1. The molecule has 2 rings (SSSR count). The van der Waals surface area contributed by atoms with Gasteiger partial charge in [-0.3, -0.25) is 0 Å². The van der Waals surface area contributed by atoms with Crippen molar-refractivity contribution in [2.45, 2.75) is 13.8 Å². The van der Waals surface area contributed by atoms with E-state index in [4.69, 9.17) is 4.74 Å². The van der Waals surface area contributed by atoms with E-state index in [0.29, 0.717) is 17.1 Å². The average Bonchev–Trinajstić information content (AvgIpc) is 2.45. The van der Waals surface area contributed by atoms with Gasteiger partial charge in [0.25, 0.3) is 0 Å². The maximum Gasteiger partial charge on any atom is 0.171 e. The van der Waals surface area contributed by atoms with E-state index in [1.165, 1.54) is 0 Å². The lowest BCUT2D eigenvalue weighted by molar-refractivity contribution is 0.415. The predicted molar refractivity (Wildman–Crippen MR) is 80.2 cm³/mol. The summed E-state index contributed by atoms with van der Waals surface area (Å²) in [6.07, 6.45) is 0. The van der Waals surface area contributed by atoms with E-state index in [1.807, 2.05) is 32.0 Å². The fraction of sp³-hybridized carbons (Fsp3) is 0.214. The van der Waals surface area contributed by atoms with Crippen molar-refractivity contribution in [1.29, 1.82) is 5.26 Å². The number of hydrogen-bond acceptors (Lipinski definition) is 5. The minimum atomic E-state index is 0.435. The van der Waals surface area contributed by atoms with Gasteiger partial charge in [-0.25, -0.2) is 0 Å². The number of nitriles is 1. The standard InChI is InChI=1S/C14H13BrN4O/c1-8-9(2)18-19-14(11(8)7-16)17-13-6-10(20-3)4-5-12(13)15/h4-6H,1-3H3,(H,17,19). The van der Waals surface area contributed by atoms with E-state index >= 15 is 0 Å². The molecule has 0 aliphatic heterocycles. The fourth-order valence-electron chi connectivity index (χ4n) is 1.69. The molecule has 1 N–H and O–H groups in total. The average molecular weight is 333 g/mol. The van der Waals surface area contributed by atoms with Crippen LogP contribution in [-0.2, 0) is 0 Å². The van der Waals surface area contributed by atoms with Crippen molar-refractivity contribution >= 4 is 27.4 Å². The molecule has 0 amide bonds. The summed E-state index contributed by atoms with van der Waals surface area (Å²) in [5, 5.41) is 20.5. The van der Waals surface area contributed by atoms with Crippen LogP contribution >= 0.6 is 15.9 Å². The number of hydrogen-bond donors (Lipinski definition) is 1. The molecule has 1 aromatic carbocycles. The Morgan fingerprint density at radius 2 is 2.05 bits per heavy atom. The third-order valence-electron chi connectivity index (χ3n) is 2.99. The third-order valence-corrected chi connectivity index (χ3v) is 3.68. The van der Waals surface area contributed by atoms with Crippen molar-refractivity contribution in [2.24, 2.45) is 0 Å². The molecule has 1 heterocycles. The first-order chi connectivity index (χ1) is 9.56. The molecule has 0 radical (unpaired) electrons. The molecule has 0 atom stereocenters. The number of anilines is 2. The van der Waals surface area contributed by atoms with Gasteiger partial charge >= 0.3 is 0 Å². The Kier molecular flexibility index (Phi) is 4.20. The molecule has 0 unspecified atom stereocenters. The first-order valence-electron chi connectivity index (χ1n) is 5.91. The number of ether oxygens (including phenoxy) is 1. The smallest absolute Gasteiger partial charge is 0.171 e. The zero-order valence-electron chi connectivity index (χ0n) is 11.4. The predicted octanol–water partition coefficient (Wildman–Crippen LogP) is 3.48. The molecule has 5 nitrogen and oxygen atoms in total. The summed E-state index contributed by atoms with van der Waals surface area (Å²) in [7, 11) is 1.60. The maximum absolute atomic E-state index is 9.28. The van der Waals surface area contributed by atoms with Gasteiger partial charge in [-0.05, 0) is 47.5 Å². The molecule has 0 saturated carbocycles. The van der Waals surface area contributed by atoms with Crippen LogP contribution in [0.25, 0.3) is 0 Å². The molecule has 0 bridgehead atoms. The molecule has 102 valence electrons. The Bertz CT molecular complexity index is 694. The van der Waals surface area contributed by atoms with Gasteiger partial charge in [0.05, 0.1) is 18.5 Å². The largest absolute Gasteiger partial charge is 0.497 e. The molecule has 20 heavy (non-hydrogen) atoms. The molecule has 2 aromatic rings. The normalized spacial score (nSPS) is 9.95. The summed E-state index contributed by atoms with van der Waals surface area (Å²) in [6, 6.07) is 7.69. The van der Waals surface area contributed by atoms with Crippen molar-refractivity contribution < 1.29 is 4.74 Å². The van der Waals surface area contributed by atoms with Crippen LogP contribution in [0.3, 0.4) is 0 Å². The topological polar surface area (TPSA) is 70.8 Å². The van der Waals surface area contributed by atoms with Gasteiger partial charge in [0, 0.05) is 10.5 Å². The summed E-state index contributed by atoms with van der Waals surface area (Å²) < 4.78 is 6.03. The number of aromatic nitrogens is 2. The molecule has 0 aliphatic rings. The zero-order chi connectivity index (χ0) is 14.7. The number of nitrogens with one attached hydrogen (secondary N) is 1. The Morgan fingerprint density at radius 3 is 2.70 bits per heavy atom. The van der Waals surface area contributed by atoms with Gasteiger partial charge < -0.3 is 10.1 Å². The van der Waals surface area contributed by atoms with Crippen LogP contribution in [0.2, 0.25) is 0 Å². The minimum Gasteiger partial charge on any atom is -0.497 e. The first kappa shape index (κ1) is 14.3. The van der Waals surface area contributed by atoms with E-state index < -0.39 is 0 Å². The van der Waals surface area contributed by atoms with Gasteiger partial charge in [0.1, 0.15) is 17.4 Å². The summed E-state index contributed by atoms with van der Waals surface area (Å²) in [5.74, 6) is 1.15. The van der Waals surface area contributed by atoms with Crippen molar-refractivity contribution in [3.05, 3.63) is 39.5 Å². The van der Waals surface area contributed by atoms with Crippen molar-refractivity contribution in [3.63, 3.8) is 0 Å². The number of nitrogens with zero attached hydrogens (tertiary/aromatic N) is 3. The molecule has 0 spiro atoms. The monoisotopic (exact) mass is 332 g/mol. The van der Waals surface area contributed by atoms with E-state index in [2.05, 4.69) is 37.5 Å². The number of halogens is 1. The van der Waals surface area contributed by atoms with Crippen LogP contribution in [0.1, 0.15) is 16.8 Å². The number of rotatable bonds is 3. The summed E-state index contributed by atoms with van der Waals surface area (Å²) in [6.45, 7) is 3.68. The number of benzene rings is 1. The first-order valence-corrected chi connectivity index (χ1v) is 6.70. The molecule has 0 fully saturated rings. The lowest BCUT2D eigenvalue weighted by Gasteiger charge is -2.12. The molecule has 0 saturated heterocycles. The van der Waals surface area contributed by atoms with Crippen LogP contribution < -0.4 is 10.1 Å². The second kappa shape index (κ2) is 5.88. The van der Waals surface area contributed by atoms with Crippen LogP contribution in [0.15, 0.2) is 22.7 Å². The van der Waals surface area contributed by atoms with Crippen LogP contribution in [0.5, 0.6) is 5.75 Å². The van der Waals surface area contributed by atoms with Crippen LogP contribution in [0.4, 0.5) is 11.5 Å². The Hall–Kier alpha value is -2.13. The minimum absolute atomic E-state index is 0.435. The zero-order valence-corrected chi connectivity index (χ0v) is 12.9. The summed E-state index contributed by atoms with van der Waals surface area (Å²) >= 11 is 3.45. The van der Waals surface area contributed by atoms with E-state index in [1.54, 1.807) is 7.11 Å². The van der Waals surface area contributed by atoms with Gasteiger partial charge in [-0.15, -0.1) is 5.10 Å². The summed E-state index contributed by atoms with van der Waals surface area (Å²) in [4.78, 5) is 0. The van der Waals surface area contributed by atoms with Crippen LogP contribution in [-0.4, -0.2) is 17.3 Å².